The predicted octanol–water partition coefficient (Wildman–Crippen LogP) is 1.48. The number of hydrogen-bond donors (Lipinski definition) is 1. The van der Waals surface area contributed by atoms with E-state index in [1.54, 1.807) is 12.0 Å². The number of rotatable bonds is 3. The van der Waals surface area contributed by atoms with Crippen molar-refractivity contribution in [3.8, 4) is 0 Å². The van der Waals surface area contributed by atoms with Crippen LogP contribution in [0.2, 0.25) is 0 Å². The lowest BCUT2D eigenvalue weighted by Crippen LogP contribution is -2.54. The monoisotopic (exact) mass is 258 g/mol. The summed E-state index contributed by atoms with van der Waals surface area (Å²) in [6, 6.07) is 0.121. The smallest absolute Gasteiger partial charge is 0.317 e. The Hall–Kier alpha value is -0.810. The van der Waals surface area contributed by atoms with Gasteiger partial charge in [-0.1, -0.05) is 20.8 Å². The van der Waals surface area contributed by atoms with Crippen molar-refractivity contribution in [2.45, 2.75) is 39.8 Å². The zero-order chi connectivity index (χ0) is 13.8. The van der Waals surface area contributed by atoms with Crippen molar-refractivity contribution in [3.05, 3.63) is 0 Å². The number of amides is 2. The number of ether oxygens (including phenoxy) is 2. The molecule has 0 radical (unpaired) electrons. The predicted molar refractivity (Wildman–Crippen MR) is 70.6 cm³/mol. The molecule has 0 bridgehead atoms. The lowest BCUT2D eigenvalue weighted by molar-refractivity contribution is -0.0498. The highest BCUT2D eigenvalue weighted by Gasteiger charge is 2.27. The van der Waals surface area contributed by atoms with E-state index in [1.165, 1.54) is 0 Å². The standard InChI is InChI=1S/C13H26N2O3/c1-10(13(2,3)4)14-12(16)15-6-7-18-11(8-15)9-17-5/h10-11H,6-9H2,1-5H3,(H,14,16)/t10-,11-/m0/s1. The zero-order valence-corrected chi connectivity index (χ0v) is 12.2. The fraction of sp³-hybridized carbons (Fsp3) is 0.923. The number of nitrogens with zero attached hydrogens (tertiary/aromatic N) is 1. The van der Waals surface area contributed by atoms with E-state index in [9.17, 15) is 4.79 Å². The molecule has 1 saturated heterocycles. The summed E-state index contributed by atoms with van der Waals surface area (Å²) >= 11 is 0. The minimum Gasteiger partial charge on any atom is -0.382 e. The molecule has 2 atom stereocenters. The fourth-order valence-corrected chi connectivity index (χ4v) is 1.68. The first-order valence-electron chi connectivity index (χ1n) is 6.50. The molecule has 5 nitrogen and oxygen atoms in total. The summed E-state index contributed by atoms with van der Waals surface area (Å²) in [4.78, 5) is 13.9. The van der Waals surface area contributed by atoms with Crippen LogP contribution in [0.4, 0.5) is 4.79 Å². The third kappa shape index (κ3) is 4.46. The molecule has 0 aliphatic carbocycles. The molecule has 1 N–H and O–H groups in total. The maximum absolute atomic E-state index is 12.1. The highest BCUT2D eigenvalue weighted by molar-refractivity contribution is 5.74. The first-order chi connectivity index (χ1) is 8.34. The van der Waals surface area contributed by atoms with Gasteiger partial charge in [0.05, 0.1) is 25.9 Å². The summed E-state index contributed by atoms with van der Waals surface area (Å²) in [5, 5.41) is 3.04. The summed E-state index contributed by atoms with van der Waals surface area (Å²) < 4.78 is 10.6. The van der Waals surface area contributed by atoms with Crippen molar-refractivity contribution in [1.82, 2.24) is 10.2 Å². The van der Waals surface area contributed by atoms with Crippen LogP contribution in [0.1, 0.15) is 27.7 Å². The van der Waals surface area contributed by atoms with Gasteiger partial charge in [0.15, 0.2) is 0 Å². The molecule has 106 valence electrons. The van der Waals surface area contributed by atoms with Gasteiger partial charge in [-0.25, -0.2) is 4.79 Å². The van der Waals surface area contributed by atoms with E-state index in [-0.39, 0.29) is 23.6 Å². The van der Waals surface area contributed by atoms with Crippen LogP contribution in [0.3, 0.4) is 0 Å². The van der Waals surface area contributed by atoms with Gasteiger partial charge in [-0.15, -0.1) is 0 Å². The summed E-state index contributed by atoms with van der Waals surface area (Å²) in [5.41, 5.74) is 0.0634. The Morgan fingerprint density at radius 3 is 2.78 bits per heavy atom. The lowest BCUT2D eigenvalue weighted by Gasteiger charge is -2.35. The van der Waals surface area contributed by atoms with Crippen molar-refractivity contribution >= 4 is 6.03 Å². The Kier molecular flexibility index (Phi) is 5.41. The van der Waals surface area contributed by atoms with Crippen LogP contribution >= 0.6 is 0 Å². The first-order valence-corrected chi connectivity index (χ1v) is 6.50. The number of urea groups is 1. The molecule has 18 heavy (non-hydrogen) atoms. The summed E-state index contributed by atoms with van der Waals surface area (Å²) in [7, 11) is 1.64. The van der Waals surface area contributed by atoms with Crippen LogP contribution < -0.4 is 5.32 Å². The molecule has 2 amide bonds. The van der Waals surface area contributed by atoms with Crippen LogP contribution in [-0.4, -0.2) is 56.5 Å². The van der Waals surface area contributed by atoms with E-state index >= 15 is 0 Å². The van der Waals surface area contributed by atoms with Crippen molar-refractivity contribution in [2.75, 3.05) is 33.4 Å². The van der Waals surface area contributed by atoms with Gasteiger partial charge in [0.1, 0.15) is 0 Å². The molecular formula is C13H26N2O3. The maximum Gasteiger partial charge on any atom is 0.317 e. The van der Waals surface area contributed by atoms with Crippen LogP contribution in [0.25, 0.3) is 0 Å². The van der Waals surface area contributed by atoms with Crippen LogP contribution in [-0.2, 0) is 9.47 Å². The van der Waals surface area contributed by atoms with Crippen molar-refractivity contribution in [3.63, 3.8) is 0 Å². The SMILES string of the molecule is COC[C@@H]1CN(C(=O)N[C@@H](C)C(C)(C)C)CCO1. The van der Waals surface area contributed by atoms with Crippen molar-refractivity contribution in [2.24, 2.45) is 5.41 Å². The van der Waals surface area contributed by atoms with Crippen molar-refractivity contribution in [1.29, 1.82) is 0 Å². The van der Waals surface area contributed by atoms with Gasteiger partial charge in [-0.05, 0) is 12.3 Å². The molecular weight excluding hydrogens is 232 g/mol. The lowest BCUT2D eigenvalue weighted by atomic mass is 9.88. The van der Waals surface area contributed by atoms with E-state index in [1.807, 2.05) is 6.92 Å². The normalized spacial score (nSPS) is 22.7. The number of morpholine rings is 1. The first kappa shape index (κ1) is 15.2. The van der Waals surface area contributed by atoms with Gasteiger partial charge in [0, 0.05) is 19.7 Å². The van der Waals surface area contributed by atoms with E-state index in [0.717, 1.165) is 0 Å². The Labute approximate surface area is 110 Å². The van der Waals surface area contributed by atoms with Crippen LogP contribution in [0, 0.1) is 5.41 Å². The van der Waals surface area contributed by atoms with E-state index in [4.69, 9.17) is 9.47 Å². The minimum atomic E-state index is -0.0144. The second-order valence-electron chi connectivity index (χ2n) is 5.93. The molecule has 1 heterocycles. The molecule has 1 fully saturated rings. The fourth-order valence-electron chi connectivity index (χ4n) is 1.68. The molecule has 1 aliphatic heterocycles. The second kappa shape index (κ2) is 6.38. The molecule has 5 heteroatoms. The molecule has 1 rings (SSSR count). The van der Waals surface area contributed by atoms with Gasteiger partial charge >= 0.3 is 6.03 Å². The third-order valence-corrected chi connectivity index (χ3v) is 3.42. The van der Waals surface area contributed by atoms with E-state index < -0.39 is 0 Å². The third-order valence-electron chi connectivity index (χ3n) is 3.42. The highest BCUT2D eigenvalue weighted by Crippen LogP contribution is 2.19. The molecule has 0 spiro atoms. The summed E-state index contributed by atoms with van der Waals surface area (Å²) in [6.07, 6.45) is -0.0144. The highest BCUT2D eigenvalue weighted by atomic mass is 16.5. The molecule has 0 unspecified atom stereocenters. The van der Waals surface area contributed by atoms with E-state index in [2.05, 4.69) is 26.1 Å². The molecule has 0 saturated carbocycles. The Balaban J connectivity index is 2.46. The van der Waals surface area contributed by atoms with Gasteiger partial charge in [0.25, 0.3) is 0 Å². The number of hydrogen-bond acceptors (Lipinski definition) is 3. The Morgan fingerprint density at radius 2 is 2.22 bits per heavy atom. The number of carbonyl (C=O) groups is 1. The van der Waals surface area contributed by atoms with Gasteiger partial charge in [0.2, 0.25) is 0 Å². The van der Waals surface area contributed by atoms with Gasteiger partial charge < -0.3 is 19.7 Å². The van der Waals surface area contributed by atoms with Gasteiger partial charge in [-0.2, -0.15) is 0 Å². The molecule has 0 aromatic heterocycles. The zero-order valence-electron chi connectivity index (χ0n) is 12.2. The molecule has 0 aromatic carbocycles. The molecule has 0 aromatic rings. The maximum atomic E-state index is 12.1. The molecule has 1 aliphatic rings. The number of methoxy groups -OCH3 is 1. The minimum absolute atomic E-state index is 0.0122. The van der Waals surface area contributed by atoms with Crippen LogP contribution in [0.5, 0.6) is 0 Å². The summed E-state index contributed by atoms with van der Waals surface area (Å²) in [6.45, 7) is 10.7. The quantitative estimate of drug-likeness (QED) is 0.834. The van der Waals surface area contributed by atoms with Crippen LogP contribution in [0.15, 0.2) is 0 Å². The largest absolute Gasteiger partial charge is 0.382 e. The summed E-state index contributed by atoms with van der Waals surface area (Å²) in [5.74, 6) is 0. The Bertz CT molecular complexity index is 274. The van der Waals surface area contributed by atoms with Gasteiger partial charge in [-0.3, -0.25) is 0 Å². The average Bonchev–Trinajstić information content (AvgIpc) is 2.28. The van der Waals surface area contributed by atoms with Crippen molar-refractivity contribution < 1.29 is 14.3 Å². The second-order valence-corrected chi connectivity index (χ2v) is 5.93. The number of carbonyl (C=O) groups excluding carboxylic acids is 1. The average molecular weight is 258 g/mol. The Morgan fingerprint density at radius 1 is 1.56 bits per heavy atom. The topological polar surface area (TPSA) is 50.8 Å². The number of nitrogens with one attached hydrogen (secondary N) is 1. The van der Waals surface area contributed by atoms with E-state index in [0.29, 0.717) is 26.3 Å².